The number of fused-ring (bicyclic) bond motifs is 2. The summed E-state index contributed by atoms with van der Waals surface area (Å²) >= 11 is 0. The molecule has 0 aliphatic carbocycles. The third kappa shape index (κ3) is 3.45. The normalized spacial score (nSPS) is 15.3. The Labute approximate surface area is 264 Å². The molecule has 0 saturated carbocycles. The zero-order valence-electron chi connectivity index (χ0n) is 26.4. The largest absolute Gasteiger partial charge is 0.298 e. The highest BCUT2D eigenvalue weighted by Gasteiger charge is 2.42. The lowest BCUT2D eigenvalue weighted by Gasteiger charge is -2.38. The quantitative estimate of drug-likeness (QED) is 0.0862. The van der Waals surface area contributed by atoms with Crippen LogP contribution in [0.1, 0.15) is 93.3 Å². The SMILES string of the molecule is CC(C)(C)N1C(=O)c2ccc3c4ccc5c6c(cc(-c7ccc(C=O)cc7)c(c7ccc(c2c37)C1=O)c64)C(=O)N(C(C)(C)C)C5=O. The van der Waals surface area contributed by atoms with Crippen molar-refractivity contribution in [3.63, 3.8) is 0 Å². The minimum absolute atomic E-state index is 0.340. The van der Waals surface area contributed by atoms with Crippen LogP contribution >= 0.6 is 0 Å². The van der Waals surface area contributed by atoms with Gasteiger partial charge >= 0.3 is 0 Å². The summed E-state index contributed by atoms with van der Waals surface area (Å²) in [4.78, 5) is 70.1. The van der Waals surface area contributed by atoms with Crippen LogP contribution < -0.4 is 0 Å². The van der Waals surface area contributed by atoms with E-state index in [2.05, 4.69) is 0 Å². The highest BCUT2D eigenvalue weighted by molar-refractivity contribution is 6.43. The lowest BCUT2D eigenvalue weighted by Crippen LogP contribution is -2.51. The van der Waals surface area contributed by atoms with Crippen LogP contribution in [0.15, 0.2) is 66.7 Å². The zero-order chi connectivity index (χ0) is 32.6. The third-order valence-corrected chi connectivity index (χ3v) is 9.44. The maximum absolute atomic E-state index is 14.2. The maximum Gasteiger partial charge on any atom is 0.261 e. The van der Waals surface area contributed by atoms with E-state index in [9.17, 15) is 24.0 Å². The van der Waals surface area contributed by atoms with Crippen LogP contribution in [-0.2, 0) is 0 Å². The molecule has 0 bridgehead atoms. The molecule has 2 heterocycles. The molecule has 4 amide bonds. The first-order valence-corrected chi connectivity index (χ1v) is 15.3. The Bertz CT molecular complexity index is 2400. The van der Waals surface area contributed by atoms with Crippen molar-refractivity contribution in [1.82, 2.24) is 9.80 Å². The molecule has 0 spiro atoms. The molecule has 0 atom stereocenters. The standard InChI is InChI=1S/C39H30N2O5/c1-38(2,3)40-34(43)24-14-11-21-22-12-15-26-32-28(37(46)41(36(26)45)39(4,5)6)17-27(20-9-7-19(18-42)8-10-20)30(33(22)32)23-13-16-25(35(40)44)31(24)29(21)23/h7-18H,1-6H3. The van der Waals surface area contributed by atoms with Crippen LogP contribution in [0.4, 0.5) is 0 Å². The van der Waals surface area contributed by atoms with Crippen molar-refractivity contribution in [1.29, 1.82) is 0 Å². The molecule has 2 aliphatic rings. The summed E-state index contributed by atoms with van der Waals surface area (Å²) in [6.07, 6.45) is 0.784. The van der Waals surface area contributed by atoms with Gasteiger partial charge in [-0.2, -0.15) is 0 Å². The Kier molecular flexibility index (Phi) is 5.40. The van der Waals surface area contributed by atoms with E-state index in [4.69, 9.17) is 0 Å². The van der Waals surface area contributed by atoms with Crippen LogP contribution in [0.3, 0.4) is 0 Å². The van der Waals surface area contributed by atoms with Crippen molar-refractivity contribution < 1.29 is 24.0 Å². The monoisotopic (exact) mass is 606 g/mol. The molecule has 6 aromatic rings. The van der Waals surface area contributed by atoms with Crippen molar-refractivity contribution >= 4 is 73.0 Å². The highest BCUT2D eigenvalue weighted by atomic mass is 16.2. The second kappa shape index (κ2) is 8.85. The predicted molar refractivity (Wildman–Crippen MR) is 179 cm³/mol. The summed E-state index contributed by atoms with van der Waals surface area (Å²) in [5.74, 6) is -1.39. The van der Waals surface area contributed by atoms with E-state index in [1.165, 1.54) is 9.80 Å². The van der Waals surface area contributed by atoms with E-state index in [1.807, 2.05) is 77.9 Å². The van der Waals surface area contributed by atoms with Gasteiger partial charge in [-0.1, -0.05) is 42.5 Å². The number of amides is 4. The summed E-state index contributed by atoms with van der Waals surface area (Å²) in [5, 5.41) is 6.05. The van der Waals surface area contributed by atoms with Crippen LogP contribution in [0.25, 0.3) is 54.2 Å². The summed E-state index contributed by atoms with van der Waals surface area (Å²) < 4.78 is 0. The molecule has 0 aromatic heterocycles. The first-order valence-electron chi connectivity index (χ1n) is 15.3. The van der Waals surface area contributed by atoms with E-state index in [0.29, 0.717) is 38.6 Å². The number of rotatable bonds is 2. The molecule has 7 heteroatoms. The van der Waals surface area contributed by atoms with Gasteiger partial charge in [0, 0.05) is 49.7 Å². The summed E-state index contributed by atoms with van der Waals surface area (Å²) in [7, 11) is 0. The summed E-state index contributed by atoms with van der Waals surface area (Å²) in [6, 6.07) is 20.1. The first kappa shape index (κ1) is 28.1. The van der Waals surface area contributed by atoms with Gasteiger partial charge in [0.1, 0.15) is 6.29 Å². The van der Waals surface area contributed by atoms with Gasteiger partial charge in [0.05, 0.1) is 0 Å². The number of carbonyl (C=O) groups is 5. The minimum Gasteiger partial charge on any atom is -0.298 e. The number of carbonyl (C=O) groups excluding carboxylic acids is 5. The molecule has 226 valence electrons. The van der Waals surface area contributed by atoms with E-state index < -0.39 is 11.1 Å². The maximum atomic E-state index is 14.2. The Balaban J connectivity index is 1.59. The predicted octanol–water partition coefficient (Wildman–Crippen LogP) is 8.01. The summed E-state index contributed by atoms with van der Waals surface area (Å²) in [5.41, 5.74) is 2.40. The zero-order valence-corrected chi connectivity index (χ0v) is 26.4. The van der Waals surface area contributed by atoms with Crippen molar-refractivity contribution in [2.75, 3.05) is 0 Å². The molecule has 0 fully saturated rings. The van der Waals surface area contributed by atoms with E-state index in [1.54, 1.807) is 30.3 Å². The van der Waals surface area contributed by atoms with Crippen LogP contribution in [0.5, 0.6) is 0 Å². The van der Waals surface area contributed by atoms with E-state index in [-0.39, 0.29) is 23.6 Å². The van der Waals surface area contributed by atoms with Gasteiger partial charge in [0.25, 0.3) is 23.6 Å². The Morgan fingerprint density at radius 3 is 1.37 bits per heavy atom. The van der Waals surface area contributed by atoms with Gasteiger partial charge in [-0.15, -0.1) is 0 Å². The van der Waals surface area contributed by atoms with Gasteiger partial charge in [0.2, 0.25) is 0 Å². The molecule has 46 heavy (non-hydrogen) atoms. The van der Waals surface area contributed by atoms with Gasteiger partial charge in [-0.25, -0.2) is 0 Å². The van der Waals surface area contributed by atoms with Crippen molar-refractivity contribution in [2.24, 2.45) is 0 Å². The van der Waals surface area contributed by atoms with Crippen LogP contribution in [-0.4, -0.2) is 50.8 Å². The molecule has 7 nitrogen and oxygen atoms in total. The lowest BCUT2D eigenvalue weighted by atomic mass is 9.79. The van der Waals surface area contributed by atoms with Crippen LogP contribution in [0.2, 0.25) is 0 Å². The number of nitrogens with zero attached hydrogens (tertiary/aromatic N) is 2. The molecule has 8 rings (SSSR count). The fourth-order valence-corrected chi connectivity index (χ4v) is 7.55. The Morgan fingerprint density at radius 2 is 0.891 bits per heavy atom. The molecule has 0 unspecified atom stereocenters. The number of hydrogen-bond donors (Lipinski definition) is 0. The topological polar surface area (TPSA) is 91.8 Å². The number of imide groups is 2. The van der Waals surface area contributed by atoms with Gasteiger partial charge in [0.15, 0.2) is 0 Å². The average Bonchev–Trinajstić information content (AvgIpc) is 3.00. The molecule has 0 radical (unpaired) electrons. The molecular formula is C39H30N2O5. The first-order chi connectivity index (χ1) is 21.7. The highest BCUT2D eigenvalue weighted by Crippen LogP contribution is 2.50. The minimum atomic E-state index is -0.753. The fraction of sp³-hybridized carbons (Fsp3) is 0.205. The third-order valence-electron chi connectivity index (χ3n) is 9.44. The Hall–Kier alpha value is -5.43. The lowest BCUT2D eigenvalue weighted by molar-refractivity contribution is 0.0442. The summed E-state index contributed by atoms with van der Waals surface area (Å²) in [6.45, 7) is 11.1. The van der Waals surface area contributed by atoms with Gasteiger partial charge in [-0.3, -0.25) is 33.8 Å². The average molecular weight is 607 g/mol. The number of aldehydes is 1. The van der Waals surface area contributed by atoms with Gasteiger partial charge < -0.3 is 0 Å². The smallest absolute Gasteiger partial charge is 0.261 e. The molecule has 0 saturated heterocycles. The van der Waals surface area contributed by atoms with Crippen molar-refractivity contribution in [2.45, 2.75) is 52.6 Å². The van der Waals surface area contributed by atoms with Crippen LogP contribution in [0, 0.1) is 0 Å². The molecule has 0 N–H and O–H groups in total. The number of hydrogen-bond acceptors (Lipinski definition) is 5. The van der Waals surface area contributed by atoms with E-state index >= 15 is 0 Å². The Morgan fingerprint density at radius 1 is 0.457 bits per heavy atom. The van der Waals surface area contributed by atoms with Crippen molar-refractivity contribution in [3.8, 4) is 11.1 Å². The second-order valence-corrected chi connectivity index (χ2v) is 14.3. The van der Waals surface area contributed by atoms with Gasteiger partial charge in [-0.05, 0) is 109 Å². The molecule has 2 aliphatic heterocycles. The second-order valence-electron chi connectivity index (χ2n) is 14.3. The number of benzene rings is 6. The van der Waals surface area contributed by atoms with Crippen molar-refractivity contribution in [3.05, 3.63) is 94.5 Å². The molecule has 6 aromatic carbocycles. The molecular weight excluding hydrogens is 576 g/mol. The van der Waals surface area contributed by atoms with E-state index in [0.717, 1.165) is 49.7 Å². The fourth-order valence-electron chi connectivity index (χ4n) is 7.55.